The van der Waals surface area contributed by atoms with Crippen LogP contribution in [0.1, 0.15) is 21.5 Å². The molecule has 0 N–H and O–H groups in total. The molecule has 1 aromatic carbocycles. The first-order valence-electron chi connectivity index (χ1n) is 4.07. The molecule has 0 amide bonds. The van der Waals surface area contributed by atoms with Gasteiger partial charge in [-0.2, -0.15) is 0 Å². The monoisotopic (exact) mass is 212 g/mol. The summed E-state index contributed by atoms with van der Waals surface area (Å²) in [5.41, 5.74) is 2.88. The summed E-state index contributed by atoms with van der Waals surface area (Å²) < 4.78 is 0. The fourth-order valence-electron chi connectivity index (χ4n) is 1.58. The van der Waals surface area contributed by atoms with Crippen molar-refractivity contribution in [3.05, 3.63) is 27.8 Å². The third-order valence-corrected chi connectivity index (χ3v) is 3.90. The van der Waals surface area contributed by atoms with Crippen LogP contribution in [0.15, 0.2) is 11.0 Å². The Morgan fingerprint density at radius 2 is 2.15 bits per heavy atom. The van der Waals surface area contributed by atoms with E-state index >= 15 is 0 Å². The Bertz CT molecular complexity index is 398. The summed E-state index contributed by atoms with van der Waals surface area (Å²) in [6.45, 7) is 3.90. The van der Waals surface area contributed by atoms with E-state index in [9.17, 15) is 4.79 Å². The van der Waals surface area contributed by atoms with Crippen molar-refractivity contribution in [2.75, 3.05) is 5.75 Å². The van der Waals surface area contributed by atoms with E-state index in [4.69, 9.17) is 11.6 Å². The van der Waals surface area contributed by atoms with Gasteiger partial charge in [0.15, 0.2) is 5.78 Å². The zero-order chi connectivity index (χ0) is 9.59. The van der Waals surface area contributed by atoms with Crippen LogP contribution < -0.4 is 0 Å². The molecular formula is C10H9ClOS. The summed E-state index contributed by atoms with van der Waals surface area (Å²) in [5, 5.41) is 0.701. The molecule has 2 rings (SSSR count). The van der Waals surface area contributed by atoms with E-state index in [1.807, 2.05) is 19.9 Å². The Morgan fingerprint density at radius 3 is 2.85 bits per heavy atom. The minimum Gasteiger partial charge on any atom is -0.293 e. The zero-order valence-corrected chi connectivity index (χ0v) is 9.05. The van der Waals surface area contributed by atoms with Crippen molar-refractivity contribution in [3.8, 4) is 0 Å². The molecule has 3 heteroatoms. The largest absolute Gasteiger partial charge is 0.293 e. The number of Topliss-reactive ketones (excluding diaryl/α,β-unsaturated/α-hetero) is 1. The molecule has 1 nitrogen and oxygen atoms in total. The maximum Gasteiger partial charge on any atom is 0.174 e. The lowest BCUT2D eigenvalue weighted by atomic mass is 10.0. The second kappa shape index (κ2) is 3.03. The van der Waals surface area contributed by atoms with Gasteiger partial charge in [0.25, 0.3) is 0 Å². The Balaban J connectivity index is 2.77. The molecule has 0 bridgehead atoms. The lowest BCUT2D eigenvalue weighted by Crippen LogP contribution is -1.99. The lowest BCUT2D eigenvalue weighted by Gasteiger charge is -2.07. The third-order valence-electron chi connectivity index (χ3n) is 2.29. The van der Waals surface area contributed by atoms with Crippen LogP contribution in [0.4, 0.5) is 0 Å². The molecule has 0 saturated heterocycles. The molecule has 0 atom stereocenters. The summed E-state index contributed by atoms with van der Waals surface area (Å²) in [5.74, 6) is 0.778. The van der Waals surface area contributed by atoms with E-state index < -0.39 is 0 Å². The molecule has 0 radical (unpaired) electrons. The number of ketones is 1. The molecule has 13 heavy (non-hydrogen) atoms. The number of hydrogen-bond donors (Lipinski definition) is 0. The number of halogens is 1. The molecule has 0 saturated carbocycles. The summed E-state index contributed by atoms with van der Waals surface area (Å²) in [4.78, 5) is 12.6. The fraction of sp³-hybridized carbons (Fsp3) is 0.300. The van der Waals surface area contributed by atoms with Crippen molar-refractivity contribution in [3.63, 3.8) is 0 Å². The van der Waals surface area contributed by atoms with E-state index in [0.717, 1.165) is 21.6 Å². The van der Waals surface area contributed by atoms with Gasteiger partial charge in [-0.05, 0) is 31.0 Å². The SMILES string of the molecule is Cc1cc(Cl)c(C)c2c1SCC2=O. The van der Waals surface area contributed by atoms with E-state index in [2.05, 4.69) is 0 Å². The van der Waals surface area contributed by atoms with E-state index in [-0.39, 0.29) is 5.78 Å². The molecule has 0 unspecified atom stereocenters. The van der Waals surface area contributed by atoms with Gasteiger partial charge >= 0.3 is 0 Å². The maximum atomic E-state index is 11.5. The van der Waals surface area contributed by atoms with Crippen molar-refractivity contribution >= 4 is 29.1 Å². The van der Waals surface area contributed by atoms with Crippen LogP contribution >= 0.6 is 23.4 Å². The van der Waals surface area contributed by atoms with Crippen LogP contribution in [0, 0.1) is 13.8 Å². The van der Waals surface area contributed by atoms with Crippen molar-refractivity contribution in [1.29, 1.82) is 0 Å². The van der Waals surface area contributed by atoms with Crippen LogP contribution in [0.3, 0.4) is 0 Å². The van der Waals surface area contributed by atoms with Crippen molar-refractivity contribution < 1.29 is 4.79 Å². The van der Waals surface area contributed by atoms with Gasteiger partial charge in [-0.15, -0.1) is 11.8 Å². The topological polar surface area (TPSA) is 17.1 Å². The highest BCUT2D eigenvalue weighted by Crippen LogP contribution is 2.38. The Kier molecular flexibility index (Phi) is 2.12. The highest BCUT2D eigenvalue weighted by atomic mass is 35.5. The van der Waals surface area contributed by atoms with Crippen LogP contribution in [0.2, 0.25) is 5.02 Å². The van der Waals surface area contributed by atoms with Crippen LogP contribution in [-0.4, -0.2) is 11.5 Å². The third kappa shape index (κ3) is 1.29. The number of thioether (sulfide) groups is 1. The second-order valence-corrected chi connectivity index (χ2v) is 4.61. The van der Waals surface area contributed by atoms with Gasteiger partial charge in [-0.3, -0.25) is 4.79 Å². The summed E-state index contributed by atoms with van der Waals surface area (Å²) in [6, 6.07) is 1.93. The van der Waals surface area contributed by atoms with Gasteiger partial charge in [-0.1, -0.05) is 11.6 Å². The number of rotatable bonds is 0. The average molecular weight is 213 g/mol. The minimum absolute atomic E-state index is 0.211. The molecule has 1 heterocycles. The maximum absolute atomic E-state index is 11.5. The van der Waals surface area contributed by atoms with Crippen molar-refractivity contribution in [2.24, 2.45) is 0 Å². The van der Waals surface area contributed by atoms with Gasteiger partial charge in [0, 0.05) is 15.5 Å². The Labute approximate surface area is 86.5 Å². The molecular weight excluding hydrogens is 204 g/mol. The smallest absolute Gasteiger partial charge is 0.174 e. The van der Waals surface area contributed by atoms with Gasteiger partial charge in [0.1, 0.15) is 0 Å². The second-order valence-electron chi connectivity index (χ2n) is 3.22. The van der Waals surface area contributed by atoms with Gasteiger partial charge in [0.2, 0.25) is 0 Å². The first-order chi connectivity index (χ1) is 6.11. The van der Waals surface area contributed by atoms with E-state index in [0.29, 0.717) is 10.8 Å². The van der Waals surface area contributed by atoms with Gasteiger partial charge in [-0.25, -0.2) is 0 Å². The number of benzene rings is 1. The summed E-state index contributed by atoms with van der Waals surface area (Å²) >= 11 is 7.62. The molecule has 0 aromatic heterocycles. The normalized spacial score (nSPS) is 14.8. The molecule has 1 aromatic rings. The molecule has 0 fully saturated rings. The summed E-state index contributed by atoms with van der Waals surface area (Å²) in [6.07, 6.45) is 0. The quantitative estimate of drug-likeness (QED) is 0.657. The predicted molar refractivity (Wildman–Crippen MR) is 56.0 cm³/mol. The summed E-state index contributed by atoms with van der Waals surface area (Å²) in [7, 11) is 0. The first kappa shape index (κ1) is 9.10. The van der Waals surface area contributed by atoms with E-state index in [1.54, 1.807) is 11.8 Å². The molecule has 1 aliphatic heterocycles. The number of carbonyl (C=O) groups excluding carboxylic acids is 1. The minimum atomic E-state index is 0.211. The Morgan fingerprint density at radius 1 is 1.46 bits per heavy atom. The van der Waals surface area contributed by atoms with E-state index in [1.165, 1.54) is 0 Å². The van der Waals surface area contributed by atoms with Crippen molar-refractivity contribution in [1.82, 2.24) is 0 Å². The number of carbonyl (C=O) groups is 1. The predicted octanol–water partition coefficient (Wildman–Crippen LogP) is 3.25. The first-order valence-corrected chi connectivity index (χ1v) is 5.43. The molecule has 1 aliphatic rings. The molecule has 0 aliphatic carbocycles. The molecule has 68 valence electrons. The van der Waals surface area contributed by atoms with Crippen LogP contribution in [0.5, 0.6) is 0 Å². The highest BCUT2D eigenvalue weighted by molar-refractivity contribution is 8.00. The fourth-order valence-corrected chi connectivity index (χ4v) is 2.96. The van der Waals surface area contributed by atoms with Gasteiger partial charge < -0.3 is 0 Å². The van der Waals surface area contributed by atoms with Crippen molar-refractivity contribution in [2.45, 2.75) is 18.7 Å². The highest BCUT2D eigenvalue weighted by Gasteiger charge is 2.25. The number of aryl methyl sites for hydroxylation is 1. The van der Waals surface area contributed by atoms with Crippen LogP contribution in [-0.2, 0) is 0 Å². The standard InChI is InChI=1S/C10H9ClOS/c1-5-3-7(11)6(2)9-8(12)4-13-10(5)9/h3H,4H2,1-2H3. The van der Waals surface area contributed by atoms with Crippen LogP contribution in [0.25, 0.3) is 0 Å². The zero-order valence-electron chi connectivity index (χ0n) is 7.48. The Hall–Kier alpha value is -0.470. The molecule has 0 spiro atoms. The number of hydrogen-bond acceptors (Lipinski definition) is 2. The van der Waals surface area contributed by atoms with Gasteiger partial charge in [0.05, 0.1) is 5.75 Å². The number of fused-ring (bicyclic) bond motifs is 1. The lowest BCUT2D eigenvalue weighted by molar-refractivity contribution is 0.102. The average Bonchev–Trinajstić information content (AvgIpc) is 2.44.